The summed E-state index contributed by atoms with van der Waals surface area (Å²) >= 11 is 1.17. The molecule has 0 radical (unpaired) electrons. The average molecular weight is 364 g/mol. The van der Waals surface area contributed by atoms with E-state index in [1.54, 1.807) is 5.38 Å². The monoisotopic (exact) mass is 364 g/mol. The van der Waals surface area contributed by atoms with Gasteiger partial charge in [-0.25, -0.2) is 0 Å². The SMILES string of the molecule is NC(=O)c1ccsc1NC(=O)COC(=O)C1C[C@H]2CCC[C@@H](C1)C2=O. The van der Waals surface area contributed by atoms with Crippen molar-refractivity contribution in [2.24, 2.45) is 23.5 Å². The average Bonchev–Trinajstić information content (AvgIpc) is 3.00. The fourth-order valence-electron chi connectivity index (χ4n) is 3.69. The summed E-state index contributed by atoms with van der Waals surface area (Å²) in [6, 6.07) is 1.52. The summed E-state index contributed by atoms with van der Waals surface area (Å²) in [6.45, 7) is -0.422. The smallest absolute Gasteiger partial charge is 0.309 e. The van der Waals surface area contributed by atoms with Crippen LogP contribution in [0.5, 0.6) is 0 Å². The lowest BCUT2D eigenvalue weighted by Gasteiger charge is -2.36. The molecule has 25 heavy (non-hydrogen) atoms. The standard InChI is InChI=1S/C17H20N2O5S/c18-15(22)12-4-5-25-16(12)19-13(20)8-24-17(23)11-6-9-2-1-3-10(7-11)14(9)21/h4-5,9-11H,1-3,6-8H2,(H2,18,22)(H,19,20)/t9-,10+,11?. The normalized spacial score (nSPS) is 25.3. The second-order valence-corrected chi connectivity index (χ2v) is 7.50. The molecule has 2 saturated carbocycles. The fourth-order valence-corrected chi connectivity index (χ4v) is 4.50. The Bertz CT molecular complexity index is 698. The molecular weight excluding hydrogens is 344 g/mol. The van der Waals surface area contributed by atoms with E-state index in [-0.39, 0.29) is 29.1 Å². The fraction of sp³-hybridized carbons (Fsp3) is 0.529. The second kappa shape index (κ2) is 7.35. The van der Waals surface area contributed by atoms with Crippen molar-refractivity contribution in [3.05, 3.63) is 17.0 Å². The number of hydrogen-bond acceptors (Lipinski definition) is 6. The molecule has 8 heteroatoms. The second-order valence-electron chi connectivity index (χ2n) is 6.58. The summed E-state index contributed by atoms with van der Waals surface area (Å²) in [6.07, 6.45) is 3.76. The maximum Gasteiger partial charge on any atom is 0.309 e. The van der Waals surface area contributed by atoms with Gasteiger partial charge in [0.2, 0.25) is 0 Å². The molecule has 0 saturated heterocycles. The Labute approximate surface area is 148 Å². The summed E-state index contributed by atoms with van der Waals surface area (Å²) in [4.78, 5) is 47.4. The van der Waals surface area contributed by atoms with Crippen LogP contribution in [0.25, 0.3) is 0 Å². The Kier molecular flexibility index (Phi) is 5.17. The van der Waals surface area contributed by atoms with Crippen LogP contribution in [-0.2, 0) is 19.1 Å². The van der Waals surface area contributed by atoms with Crippen molar-refractivity contribution in [3.8, 4) is 0 Å². The summed E-state index contributed by atoms with van der Waals surface area (Å²) in [5.74, 6) is -1.70. The van der Waals surface area contributed by atoms with E-state index in [0.717, 1.165) is 19.3 Å². The van der Waals surface area contributed by atoms with Crippen molar-refractivity contribution in [1.82, 2.24) is 0 Å². The number of thiophene rings is 1. The Morgan fingerprint density at radius 1 is 1.24 bits per heavy atom. The summed E-state index contributed by atoms with van der Waals surface area (Å²) in [7, 11) is 0. The van der Waals surface area contributed by atoms with Gasteiger partial charge in [-0.2, -0.15) is 0 Å². The molecule has 2 amide bonds. The van der Waals surface area contributed by atoms with Crippen molar-refractivity contribution in [2.75, 3.05) is 11.9 Å². The number of carbonyl (C=O) groups is 4. The number of rotatable bonds is 5. The predicted octanol–water partition coefficient (Wildman–Crippen LogP) is 1.72. The number of hydrogen-bond donors (Lipinski definition) is 2. The number of nitrogens with two attached hydrogens (primary N) is 1. The molecule has 0 aromatic carbocycles. The van der Waals surface area contributed by atoms with Crippen LogP contribution in [0.15, 0.2) is 11.4 Å². The van der Waals surface area contributed by atoms with Crippen LogP contribution < -0.4 is 11.1 Å². The van der Waals surface area contributed by atoms with Crippen LogP contribution in [-0.4, -0.2) is 30.2 Å². The number of carbonyl (C=O) groups excluding carboxylic acids is 4. The van der Waals surface area contributed by atoms with Crippen molar-refractivity contribution in [1.29, 1.82) is 0 Å². The summed E-state index contributed by atoms with van der Waals surface area (Å²) in [5.41, 5.74) is 5.44. The first-order chi connectivity index (χ1) is 12.0. The lowest BCUT2D eigenvalue weighted by molar-refractivity contribution is -0.155. The zero-order valence-electron chi connectivity index (χ0n) is 13.7. The summed E-state index contributed by atoms with van der Waals surface area (Å²) < 4.78 is 5.12. The summed E-state index contributed by atoms with van der Waals surface area (Å²) in [5, 5.41) is 4.50. The molecule has 3 atom stereocenters. The van der Waals surface area contributed by atoms with Crippen molar-refractivity contribution >= 4 is 39.9 Å². The molecule has 1 aromatic rings. The van der Waals surface area contributed by atoms with Gasteiger partial charge in [0.15, 0.2) is 6.61 Å². The number of primary amides is 1. The van der Waals surface area contributed by atoms with Crippen LogP contribution in [0.3, 0.4) is 0 Å². The van der Waals surface area contributed by atoms with Gasteiger partial charge in [0.1, 0.15) is 10.8 Å². The van der Waals surface area contributed by atoms with Gasteiger partial charge < -0.3 is 15.8 Å². The molecule has 134 valence electrons. The van der Waals surface area contributed by atoms with Crippen molar-refractivity contribution in [3.63, 3.8) is 0 Å². The third kappa shape index (κ3) is 3.89. The van der Waals surface area contributed by atoms with E-state index in [2.05, 4.69) is 5.32 Å². The molecule has 1 aromatic heterocycles. The van der Waals surface area contributed by atoms with E-state index in [1.807, 2.05) is 0 Å². The predicted molar refractivity (Wildman–Crippen MR) is 91.0 cm³/mol. The maximum atomic E-state index is 12.2. The van der Waals surface area contributed by atoms with Crippen molar-refractivity contribution < 1.29 is 23.9 Å². The van der Waals surface area contributed by atoms with Crippen LogP contribution in [0.1, 0.15) is 42.5 Å². The molecule has 2 aliphatic rings. The molecular formula is C17H20N2O5S. The number of Topliss-reactive ketones (excluding diaryl/α,β-unsaturated/α-hetero) is 1. The Balaban J connectivity index is 1.50. The number of fused-ring (bicyclic) bond motifs is 2. The minimum Gasteiger partial charge on any atom is -0.455 e. The molecule has 1 heterocycles. The Hall–Kier alpha value is -2.22. The number of nitrogens with one attached hydrogen (secondary N) is 1. The lowest BCUT2D eigenvalue weighted by Crippen LogP contribution is -2.40. The van der Waals surface area contributed by atoms with Gasteiger partial charge in [-0.1, -0.05) is 6.42 Å². The van der Waals surface area contributed by atoms with Gasteiger partial charge in [-0.15, -0.1) is 11.3 Å². The number of ketones is 1. The highest BCUT2D eigenvalue weighted by Gasteiger charge is 2.41. The topological polar surface area (TPSA) is 116 Å². The van der Waals surface area contributed by atoms with Crippen LogP contribution in [0.2, 0.25) is 0 Å². The Morgan fingerprint density at radius 2 is 1.92 bits per heavy atom. The van der Waals surface area contributed by atoms with Gasteiger partial charge in [0.05, 0.1) is 11.5 Å². The molecule has 7 nitrogen and oxygen atoms in total. The molecule has 0 spiro atoms. The molecule has 2 bridgehead atoms. The molecule has 0 aliphatic heterocycles. The molecule has 2 fully saturated rings. The van der Waals surface area contributed by atoms with Gasteiger partial charge in [0.25, 0.3) is 11.8 Å². The Morgan fingerprint density at radius 3 is 2.56 bits per heavy atom. The zero-order valence-corrected chi connectivity index (χ0v) is 14.5. The highest BCUT2D eigenvalue weighted by Crippen LogP contribution is 2.40. The van der Waals surface area contributed by atoms with Crippen LogP contribution >= 0.6 is 11.3 Å². The van der Waals surface area contributed by atoms with Gasteiger partial charge >= 0.3 is 5.97 Å². The number of amides is 2. The lowest BCUT2D eigenvalue weighted by atomic mass is 9.67. The van der Waals surface area contributed by atoms with E-state index >= 15 is 0 Å². The number of anilines is 1. The first-order valence-corrected chi connectivity index (χ1v) is 9.21. The third-order valence-electron chi connectivity index (χ3n) is 4.91. The van der Waals surface area contributed by atoms with E-state index in [1.165, 1.54) is 17.4 Å². The van der Waals surface area contributed by atoms with E-state index in [0.29, 0.717) is 17.8 Å². The molecule has 3 rings (SSSR count). The van der Waals surface area contributed by atoms with Crippen molar-refractivity contribution in [2.45, 2.75) is 32.1 Å². The van der Waals surface area contributed by atoms with Crippen LogP contribution in [0, 0.1) is 17.8 Å². The largest absolute Gasteiger partial charge is 0.455 e. The number of esters is 1. The minimum atomic E-state index is -0.632. The zero-order chi connectivity index (χ0) is 18.0. The number of ether oxygens (including phenoxy) is 1. The molecule has 1 unspecified atom stereocenters. The van der Waals surface area contributed by atoms with Crippen LogP contribution in [0.4, 0.5) is 5.00 Å². The first-order valence-electron chi connectivity index (χ1n) is 8.33. The quantitative estimate of drug-likeness (QED) is 0.772. The third-order valence-corrected chi connectivity index (χ3v) is 5.74. The van der Waals surface area contributed by atoms with Gasteiger partial charge in [0, 0.05) is 11.8 Å². The minimum absolute atomic E-state index is 0.0388. The first kappa shape index (κ1) is 17.6. The highest BCUT2D eigenvalue weighted by atomic mass is 32.1. The van der Waals surface area contributed by atoms with E-state index in [4.69, 9.17) is 10.5 Å². The maximum absolute atomic E-state index is 12.2. The highest BCUT2D eigenvalue weighted by molar-refractivity contribution is 7.14. The van der Waals surface area contributed by atoms with E-state index < -0.39 is 24.4 Å². The molecule has 2 aliphatic carbocycles. The van der Waals surface area contributed by atoms with Gasteiger partial charge in [-0.05, 0) is 37.1 Å². The molecule has 3 N–H and O–H groups in total. The van der Waals surface area contributed by atoms with E-state index in [9.17, 15) is 19.2 Å². The van der Waals surface area contributed by atoms with Gasteiger partial charge in [-0.3, -0.25) is 19.2 Å².